The first kappa shape index (κ1) is 33.1. The maximum Gasteiger partial charge on any atom is 0.320 e. The molecule has 6 heterocycles. The number of halogens is 2. The minimum atomic E-state index is -0.430. The zero-order valence-corrected chi connectivity index (χ0v) is 28.1. The number of nitrogens with zero attached hydrogens (tertiary/aromatic N) is 10. The van der Waals surface area contributed by atoms with E-state index in [-0.39, 0.29) is 24.3 Å². The highest BCUT2D eigenvalue weighted by Gasteiger charge is 2.30. The Bertz CT molecular complexity index is 1970. The third-order valence-corrected chi connectivity index (χ3v) is 9.71. The number of fused-ring (bicyclic) bond motifs is 1. The molecule has 2 aliphatic rings. The number of anilines is 3. The van der Waals surface area contributed by atoms with E-state index in [1.807, 2.05) is 58.9 Å². The van der Waals surface area contributed by atoms with E-state index < -0.39 is 6.10 Å². The van der Waals surface area contributed by atoms with Gasteiger partial charge in [0.05, 0.1) is 11.8 Å². The van der Waals surface area contributed by atoms with Gasteiger partial charge >= 0.3 is 6.03 Å². The van der Waals surface area contributed by atoms with Gasteiger partial charge in [0, 0.05) is 81.6 Å². The molecule has 2 aliphatic heterocycles. The molecule has 2 amide bonds. The molecule has 4 aromatic heterocycles. The summed E-state index contributed by atoms with van der Waals surface area (Å²) < 4.78 is 15.6. The van der Waals surface area contributed by atoms with Gasteiger partial charge in [0.1, 0.15) is 33.9 Å². The first-order valence-corrected chi connectivity index (χ1v) is 16.4. The van der Waals surface area contributed by atoms with Crippen molar-refractivity contribution in [3.63, 3.8) is 0 Å². The Hall–Kier alpha value is -4.84. The Balaban J connectivity index is 0.00000401. The van der Waals surface area contributed by atoms with Gasteiger partial charge in [-0.1, -0.05) is 18.3 Å². The number of carbonyl (C=O) groups excluding carboxylic acids is 1. The van der Waals surface area contributed by atoms with E-state index in [1.54, 1.807) is 17.0 Å². The zero-order chi connectivity index (χ0) is 32.7. The van der Waals surface area contributed by atoms with Gasteiger partial charge in [0.15, 0.2) is 5.13 Å². The van der Waals surface area contributed by atoms with Crippen molar-refractivity contribution in [2.45, 2.75) is 25.9 Å². The highest BCUT2D eigenvalue weighted by molar-refractivity contribution is 7.16. The van der Waals surface area contributed by atoms with Gasteiger partial charge in [-0.15, -0.1) is 12.4 Å². The number of amides is 2. The number of nitriles is 1. The van der Waals surface area contributed by atoms with Gasteiger partial charge in [-0.3, -0.25) is 4.40 Å². The number of imidazole rings is 1. The standard InChI is InChI=1S/C33H33FN10O2S.ClH/c1-3-26-30(40(2)32-39-29(27(16-35)47-32)21-4-7-24(34)8-5-21)44-19-22(6-9-28(44)38-26)23-17-36-31(37-18-23)41-12-14-42(15-13-41)33(46)43-11-10-25(45)20-43;/h4-9,17-19,25,45H,3,10-15,20H2,1-2H3;1H/t25-;/m1./s1. The number of piperazine rings is 1. The summed E-state index contributed by atoms with van der Waals surface area (Å²) >= 11 is 1.28. The molecule has 0 spiro atoms. The molecule has 7 rings (SSSR count). The minimum absolute atomic E-state index is 0. The molecule has 1 N–H and O–H groups in total. The van der Waals surface area contributed by atoms with E-state index in [0.717, 1.165) is 28.3 Å². The highest BCUT2D eigenvalue weighted by Crippen LogP contribution is 2.37. The Morgan fingerprint density at radius 2 is 1.73 bits per heavy atom. The average molecular weight is 689 g/mol. The summed E-state index contributed by atoms with van der Waals surface area (Å²) in [6.07, 6.45) is 6.51. The summed E-state index contributed by atoms with van der Waals surface area (Å²) in [5.74, 6) is 1.10. The number of aliphatic hydroxyl groups excluding tert-OH is 1. The number of aromatic nitrogens is 5. The van der Waals surface area contributed by atoms with Gasteiger partial charge in [-0.2, -0.15) is 5.26 Å². The maximum atomic E-state index is 13.6. The summed E-state index contributed by atoms with van der Waals surface area (Å²) in [5.41, 5.74) is 4.60. The quantitative estimate of drug-likeness (QED) is 0.262. The minimum Gasteiger partial charge on any atom is -0.391 e. The number of carbonyl (C=O) groups is 1. The SMILES string of the molecule is CCc1nc2ccc(-c3cnc(N4CCN(C(=O)N5CC[C@@H](O)C5)CC4)nc3)cn2c1N(C)c1nc(-c2ccc(F)cc2)c(C#N)s1.Cl. The molecule has 248 valence electrons. The number of pyridine rings is 1. The zero-order valence-electron chi connectivity index (χ0n) is 26.5. The van der Waals surface area contributed by atoms with Crippen LogP contribution in [-0.2, 0) is 6.42 Å². The monoisotopic (exact) mass is 688 g/mol. The molecule has 2 fully saturated rings. The van der Waals surface area contributed by atoms with Crippen molar-refractivity contribution >= 4 is 52.3 Å². The normalized spacial score (nSPS) is 16.2. The molecule has 2 saturated heterocycles. The van der Waals surface area contributed by atoms with Crippen molar-refractivity contribution in [3.05, 3.63) is 71.4 Å². The van der Waals surface area contributed by atoms with E-state index >= 15 is 0 Å². The van der Waals surface area contributed by atoms with Gasteiger partial charge in [0.25, 0.3) is 0 Å². The molecule has 1 atom stereocenters. The second-order valence-electron chi connectivity index (χ2n) is 11.7. The molecule has 0 unspecified atom stereocenters. The largest absolute Gasteiger partial charge is 0.391 e. The highest BCUT2D eigenvalue weighted by atomic mass is 35.5. The third kappa shape index (κ3) is 6.24. The smallest absolute Gasteiger partial charge is 0.320 e. The molecule has 15 heteroatoms. The summed E-state index contributed by atoms with van der Waals surface area (Å²) in [6, 6.07) is 12.2. The first-order chi connectivity index (χ1) is 22.8. The average Bonchev–Trinajstić information content (AvgIpc) is 3.84. The number of hydrogen-bond acceptors (Lipinski definition) is 10. The number of hydrogen-bond donors (Lipinski definition) is 1. The van der Waals surface area contributed by atoms with E-state index in [0.29, 0.717) is 79.3 Å². The number of β-amino-alcohol motifs (C(OH)–C–C–N with tert-alkyl or cyclic N) is 1. The Kier molecular flexibility index (Phi) is 9.45. The molecule has 0 radical (unpaired) electrons. The third-order valence-electron chi connectivity index (χ3n) is 8.68. The number of thiazole rings is 1. The lowest BCUT2D eigenvalue weighted by molar-refractivity contribution is 0.144. The number of aliphatic hydroxyl groups is 1. The fourth-order valence-corrected chi connectivity index (χ4v) is 6.96. The van der Waals surface area contributed by atoms with Gasteiger partial charge < -0.3 is 24.7 Å². The molecule has 1 aromatic carbocycles. The van der Waals surface area contributed by atoms with Crippen molar-refractivity contribution in [3.8, 4) is 28.5 Å². The summed E-state index contributed by atoms with van der Waals surface area (Å²) in [5, 5.41) is 20.3. The van der Waals surface area contributed by atoms with Crippen LogP contribution < -0.4 is 9.80 Å². The van der Waals surface area contributed by atoms with Crippen LogP contribution in [0.5, 0.6) is 0 Å². The predicted molar refractivity (Wildman–Crippen MR) is 185 cm³/mol. The fraction of sp³-hybridized carbons (Fsp3) is 0.333. The predicted octanol–water partition coefficient (Wildman–Crippen LogP) is 4.99. The van der Waals surface area contributed by atoms with Gasteiger partial charge in [0.2, 0.25) is 5.95 Å². The van der Waals surface area contributed by atoms with E-state index in [2.05, 4.69) is 20.9 Å². The van der Waals surface area contributed by atoms with Crippen molar-refractivity contribution in [2.75, 3.05) is 56.1 Å². The van der Waals surface area contributed by atoms with Crippen LogP contribution in [0, 0.1) is 17.1 Å². The Morgan fingerprint density at radius 1 is 1.02 bits per heavy atom. The van der Waals surface area contributed by atoms with Crippen LogP contribution in [0.1, 0.15) is 23.9 Å². The Labute approximate surface area is 287 Å². The summed E-state index contributed by atoms with van der Waals surface area (Å²) in [6.45, 7) is 5.45. The van der Waals surface area contributed by atoms with Crippen molar-refractivity contribution in [1.82, 2.24) is 34.1 Å². The summed E-state index contributed by atoms with van der Waals surface area (Å²) in [7, 11) is 1.91. The molecular formula is C33H34ClFN10O2S. The topological polar surface area (TPSA) is 130 Å². The Morgan fingerprint density at radius 3 is 2.38 bits per heavy atom. The van der Waals surface area contributed by atoms with Gasteiger partial charge in [-0.05, 0) is 49.2 Å². The van der Waals surface area contributed by atoms with Crippen LogP contribution in [-0.4, -0.2) is 97.7 Å². The number of likely N-dealkylation sites (tertiary alicyclic amines) is 1. The van der Waals surface area contributed by atoms with Crippen molar-refractivity contribution < 1.29 is 14.3 Å². The lowest BCUT2D eigenvalue weighted by Crippen LogP contribution is -2.53. The second-order valence-corrected chi connectivity index (χ2v) is 12.6. The van der Waals surface area contributed by atoms with Crippen molar-refractivity contribution in [1.29, 1.82) is 5.26 Å². The molecule has 0 saturated carbocycles. The number of rotatable bonds is 6. The number of aryl methyl sites for hydroxylation is 1. The fourth-order valence-electron chi connectivity index (χ4n) is 6.11. The molecule has 12 nitrogen and oxygen atoms in total. The van der Waals surface area contributed by atoms with Crippen LogP contribution in [0.4, 0.5) is 26.1 Å². The molecule has 48 heavy (non-hydrogen) atoms. The second kappa shape index (κ2) is 13.7. The van der Waals surface area contributed by atoms with Crippen molar-refractivity contribution in [2.24, 2.45) is 0 Å². The van der Waals surface area contributed by atoms with Gasteiger partial charge in [-0.25, -0.2) is 29.1 Å². The summed E-state index contributed by atoms with van der Waals surface area (Å²) in [4.78, 5) is 39.8. The molecule has 0 bridgehead atoms. The number of benzene rings is 1. The van der Waals surface area contributed by atoms with Crippen LogP contribution in [0.15, 0.2) is 55.0 Å². The van der Waals surface area contributed by atoms with Crippen LogP contribution >= 0.6 is 23.7 Å². The molecule has 0 aliphatic carbocycles. The van der Waals surface area contributed by atoms with E-state index in [9.17, 15) is 19.6 Å². The number of urea groups is 1. The van der Waals surface area contributed by atoms with Crippen LogP contribution in [0.25, 0.3) is 28.0 Å². The molecular weight excluding hydrogens is 655 g/mol. The maximum absolute atomic E-state index is 13.6. The first-order valence-electron chi connectivity index (χ1n) is 15.5. The van der Waals surface area contributed by atoms with Crippen LogP contribution in [0.2, 0.25) is 0 Å². The lowest BCUT2D eigenvalue weighted by Gasteiger charge is -2.36. The van der Waals surface area contributed by atoms with E-state index in [1.165, 1.54) is 23.5 Å². The molecule has 5 aromatic rings. The van der Waals surface area contributed by atoms with Crippen LogP contribution in [0.3, 0.4) is 0 Å². The van der Waals surface area contributed by atoms with E-state index in [4.69, 9.17) is 9.97 Å². The lowest BCUT2D eigenvalue weighted by atomic mass is 10.1.